The Bertz CT molecular complexity index is 349. The number of benzene rings is 1. The minimum absolute atomic E-state index is 0.266. The lowest BCUT2D eigenvalue weighted by Gasteiger charge is -2.14. The molecule has 0 aliphatic carbocycles. The van der Waals surface area contributed by atoms with Crippen molar-refractivity contribution in [1.29, 1.82) is 0 Å². The third kappa shape index (κ3) is 1.07. The van der Waals surface area contributed by atoms with Crippen molar-refractivity contribution >= 4 is 6.29 Å². The van der Waals surface area contributed by atoms with Gasteiger partial charge in [-0.05, 0) is 0 Å². The van der Waals surface area contributed by atoms with Crippen LogP contribution in [0.4, 0.5) is 0 Å². The van der Waals surface area contributed by atoms with Crippen molar-refractivity contribution in [2.75, 3.05) is 0 Å². The highest BCUT2D eigenvalue weighted by atomic mass is 16.7. The number of fused-ring (bicyclic) bond motifs is 1. The summed E-state index contributed by atoms with van der Waals surface area (Å²) in [6.45, 7) is 0. The van der Waals surface area contributed by atoms with E-state index in [-0.39, 0.29) is 6.29 Å². The Morgan fingerprint density at radius 3 is 2.85 bits per heavy atom. The van der Waals surface area contributed by atoms with Gasteiger partial charge in [0.15, 0.2) is 12.6 Å². The summed E-state index contributed by atoms with van der Waals surface area (Å²) in [5.74, 6) is -1.99. The lowest BCUT2D eigenvalue weighted by molar-refractivity contribution is -0.249. The van der Waals surface area contributed by atoms with Crippen molar-refractivity contribution in [2.45, 2.75) is 12.1 Å². The van der Waals surface area contributed by atoms with E-state index in [2.05, 4.69) is 0 Å². The summed E-state index contributed by atoms with van der Waals surface area (Å²) < 4.78 is 4.71. The standard InChI is InChI=1S/C9H8O4/c10-5-9(12)7-4-2-1-3-6(7)8(11)13-9/h1-5,8,11-12H. The molecule has 68 valence electrons. The summed E-state index contributed by atoms with van der Waals surface area (Å²) in [7, 11) is 0. The summed E-state index contributed by atoms with van der Waals surface area (Å²) in [6, 6.07) is 6.50. The lowest BCUT2D eigenvalue weighted by atomic mass is 10.0. The molecular formula is C9H8O4. The molecular weight excluding hydrogens is 172 g/mol. The summed E-state index contributed by atoms with van der Waals surface area (Å²) >= 11 is 0. The number of aliphatic hydroxyl groups excluding tert-OH is 1. The van der Waals surface area contributed by atoms with Gasteiger partial charge in [-0.1, -0.05) is 24.3 Å². The molecule has 0 bridgehead atoms. The van der Waals surface area contributed by atoms with E-state index < -0.39 is 12.1 Å². The molecule has 1 aliphatic rings. The number of hydrogen-bond donors (Lipinski definition) is 2. The van der Waals surface area contributed by atoms with E-state index in [1.807, 2.05) is 0 Å². The molecule has 1 aromatic rings. The maximum atomic E-state index is 10.6. The molecule has 2 unspecified atom stereocenters. The predicted octanol–water partition coefficient (Wildman–Crippen LogP) is 0.0517. The molecule has 1 aromatic carbocycles. The molecule has 0 fully saturated rings. The van der Waals surface area contributed by atoms with Crippen LogP contribution in [0.15, 0.2) is 24.3 Å². The zero-order valence-electron chi connectivity index (χ0n) is 6.68. The molecule has 1 aliphatic heterocycles. The number of aliphatic hydroxyl groups is 2. The predicted molar refractivity (Wildman–Crippen MR) is 42.4 cm³/mol. The van der Waals surface area contributed by atoms with Crippen LogP contribution in [0.5, 0.6) is 0 Å². The first-order valence-electron chi connectivity index (χ1n) is 3.81. The van der Waals surface area contributed by atoms with Crippen molar-refractivity contribution < 1.29 is 19.7 Å². The van der Waals surface area contributed by atoms with Crippen LogP contribution in [0.3, 0.4) is 0 Å². The number of rotatable bonds is 1. The molecule has 0 spiro atoms. The van der Waals surface area contributed by atoms with Gasteiger partial charge in [-0.25, -0.2) is 0 Å². The maximum Gasteiger partial charge on any atom is 0.253 e. The zero-order chi connectivity index (χ0) is 9.47. The van der Waals surface area contributed by atoms with Gasteiger partial charge in [0, 0.05) is 11.1 Å². The van der Waals surface area contributed by atoms with Crippen molar-refractivity contribution in [3.8, 4) is 0 Å². The molecule has 2 atom stereocenters. The molecule has 2 rings (SSSR count). The van der Waals surface area contributed by atoms with Gasteiger partial charge in [-0.2, -0.15) is 0 Å². The van der Waals surface area contributed by atoms with E-state index in [1.54, 1.807) is 24.3 Å². The SMILES string of the molecule is O=CC1(O)OC(O)c2ccccc21. The Morgan fingerprint density at radius 1 is 1.46 bits per heavy atom. The molecule has 0 saturated carbocycles. The first-order chi connectivity index (χ1) is 6.17. The minimum atomic E-state index is -1.99. The Labute approximate surface area is 74.4 Å². The van der Waals surface area contributed by atoms with E-state index in [1.165, 1.54) is 0 Å². The smallest absolute Gasteiger partial charge is 0.253 e. The number of ether oxygens (including phenoxy) is 1. The second-order valence-corrected chi connectivity index (χ2v) is 2.87. The number of carbonyl (C=O) groups is 1. The highest BCUT2D eigenvalue weighted by Crippen LogP contribution is 2.38. The molecule has 0 radical (unpaired) electrons. The van der Waals surface area contributed by atoms with E-state index in [4.69, 9.17) is 4.74 Å². The average molecular weight is 180 g/mol. The third-order valence-corrected chi connectivity index (χ3v) is 2.06. The monoisotopic (exact) mass is 180 g/mol. The Balaban J connectivity index is 2.59. The van der Waals surface area contributed by atoms with Crippen LogP contribution in [0.1, 0.15) is 17.4 Å². The first-order valence-corrected chi connectivity index (χ1v) is 3.81. The summed E-state index contributed by atoms with van der Waals surface area (Å²) in [5.41, 5.74) is 0.731. The number of carbonyl (C=O) groups excluding carboxylic acids is 1. The third-order valence-electron chi connectivity index (χ3n) is 2.06. The van der Waals surface area contributed by atoms with Crippen LogP contribution >= 0.6 is 0 Å². The van der Waals surface area contributed by atoms with Gasteiger partial charge in [-0.3, -0.25) is 4.79 Å². The van der Waals surface area contributed by atoms with Crippen LogP contribution in [0, 0.1) is 0 Å². The van der Waals surface area contributed by atoms with Gasteiger partial charge in [-0.15, -0.1) is 0 Å². The topological polar surface area (TPSA) is 66.8 Å². The Morgan fingerprint density at radius 2 is 2.15 bits per heavy atom. The fraction of sp³-hybridized carbons (Fsp3) is 0.222. The quantitative estimate of drug-likeness (QED) is 0.599. The molecule has 0 saturated heterocycles. The summed E-state index contributed by atoms with van der Waals surface area (Å²) in [6.07, 6.45) is -0.964. The van der Waals surface area contributed by atoms with Crippen molar-refractivity contribution in [3.05, 3.63) is 35.4 Å². The van der Waals surface area contributed by atoms with E-state index in [0.717, 1.165) is 0 Å². The van der Waals surface area contributed by atoms with E-state index in [0.29, 0.717) is 11.1 Å². The zero-order valence-corrected chi connectivity index (χ0v) is 6.68. The van der Waals surface area contributed by atoms with Crippen LogP contribution in [0.2, 0.25) is 0 Å². The lowest BCUT2D eigenvalue weighted by Crippen LogP contribution is -2.26. The maximum absolute atomic E-state index is 10.6. The van der Waals surface area contributed by atoms with Crippen LogP contribution in [-0.2, 0) is 15.3 Å². The van der Waals surface area contributed by atoms with Crippen LogP contribution in [0.25, 0.3) is 0 Å². The average Bonchev–Trinajstić information content (AvgIpc) is 2.42. The Hall–Kier alpha value is -1.23. The fourth-order valence-corrected chi connectivity index (χ4v) is 1.43. The number of aldehydes is 1. The molecule has 1 heterocycles. The van der Waals surface area contributed by atoms with Crippen molar-refractivity contribution in [3.63, 3.8) is 0 Å². The molecule has 13 heavy (non-hydrogen) atoms. The van der Waals surface area contributed by atoms with Gasteiger partial charge in [0.1, 0.15) is 0 Å². The van der Waals surface area contributed by atoms with Crippen LogP contribution in [-0.4, -0.2) is 16.5 Å². The molecule has 4 nitrogen and oxygen atoms in total. The highest BCUT2D eigenvalue weighted by Gasteiger charge is 2.42. The van der Waals surface area contributed by atoms with Gasteiger partial charge in [0.2, 0.25) is 0 Å². The molecule has 0 aromatic heterocycles. The van der Waals surface area contributed by atoms with Gasteiger partial charge in [0.25, 0.3) is 5.79 Å². The highest BCUT2D eigenvalue weighted by molar-refractivity contribution is 5.66. The number of hydrogen-bond acceptors (Lipinski definition) is 4. The molecule has 2 N–H and O–H groups in total. The van der Waals surface area contributed by atoms with Gasteiger partial charge < -0.3 is 14.9 Å². The summed E-state index contributed by atoms with van der Waals surface area (Å²) in [5, 5.41) is 18.9. The van der Waals surface area contributed by atoms with E-state index in [9.17, 15) is 15.0 Å². The second-order valence-electron chi connectivity index (χ2n) is 2.87. The fourth-order valence-electron chi connectivity index (χ4n) is 1.43. The van der Waals surface area contributed by atoms with Crippen LogP contribution < -0.4 is 0 Å². The minimum Gasteiger partial charge on any atom is -0.364 e. The molecule has 4 heteroatoms. The largest absolute Gasteiger partial charge is 0.364 e. The van der Waals surface area contributed by atoms with Gasteiger partial charge in [0.05, 0.1) is 0 Å². The normalized spacial score (nSPS) is 31.4. The Kier molecular flexibility index (Phi) is 1.69. The summed E-state index contributed by atoms with van der Waals surface area (Å²) in [4.78, 5) is 10.6. The van der Waals surface area contributed by atoms with Crippen molar-refractivity contribution in [2.24, 2.45) is 0 Å². The van der Waals surface area contributed by atoms with E-state index >= 15 is 0 Å². The van der Waals surface area contributed by atoms with Gasteiger partial charge >= 0.3 is 0 Å². The molecule has 0 amide bonds. The second kappa shape index (κ2) is 2.63. The van der Waals surface area contributed by atoms with Crippen molar-refractivity contribution in [1.82, 2.24) is 0 Å². The first kappa shape index (κ1) is 8.37.